The first-order valence-electron chi connectivity index (χ1n) is 6.74. The van der Waals surface area contributed by atoms with Crippen molar-refractivity contribution < 1.29 is 17.2 Å². The van der Waals surface area contributed by atoms with E-state index in [0.717, 1.165) is 37.1 Å². The number of thioether (sulfide) groups is 1. The molecule has 4 nitrogen and oxygen atoms in total. The normalized spacial score (nSPS) is 22.6. The Morgan fingerprint density at radius 2 is 2.10 bits per heavy atom. The van der Waals surface area contributed by atoms with Crippen LogP contribution in [0.2, 0.25) is 0 Å². The van der Waals surface area contributed by atoms with E-state index in [4.69, 9.17) is 5.73 Å². The molecule has 8 heteroatoms. The molecule has 1 aliphatic carbocycles. The molecule has 2 unspecified atom stereocenters. The first kappa shape index (κ1) is 16.5. The number of nitrogens with one attached hydrogen (secondary N) is 1. The van der Waals surface area contributed by atoms with Crippen molar-refractivity contribution in [2.45, 2.75) is 42.4 Å². The standard InChI is InChI=1S/C13H18F2N2O2S2/c1-2-20-10-5-3-4-9(10)17-21(18,19)11-7-6-8(14)13(16)12(11)15/h6-7,9-10,17H,2-5,16H2,1H3. The zero-order valence-corrected chi connectivity index (χ0v) is 13.2. The van der Waals surface area contributed by atoms with Crippen molar-refractivity contribution in [3.05, 3.63) is 23.8 Å². The lowest BCUT2D eigenvalue weighted by Gasteiger charge is -2.20. The van der Waals surface area contributed by atoms with Crippen LogP contribution in [0.15, 0.2) is 17.0 Å². The Kier molecular flexibility index (Phi) is 5.11. The van der Waals surface area contributed by atoms with Gasteiger partial charge in [0, 0.05) is 11.3 Å². The van der Waals surface area contributed by atoms with Gasteiger partial charge in [-0.2, -0.15) is 11.8 Å². The van der Waals surface area contributed by atoms with Crippen molar-refractivity contribution >= 4 is 27.5 Å². The second-order valence-corrected chi connectivity index (χ2v) is 8.12. The van der Waals surface area contributed by atoms with Crippen molar-refractivity contribution in [1.82, 2.24) is 4.72 Å². The van der Waals surface area contributed by atoms with Crippen molar-refractivity contribution in [2.24, 2.45) is 0 Å². The zero-order valence-electron chi connectivity index (χ0n) is 11.6. The summed E-state index contributed by atoms with van der Waals surface area (Å²) in [6, 6.07) is 1.53. The highest BCUT2D eigenvalue weighted by Crippen LogP contribution is 2.31. The molecule has 0 radical (unpaired) electrons. The molecule has 1 aromatic rings. The predicted molar refractivity (Wildman–Crippen MR) is 80.7 cm³/mol. The van der Waals surface area contributed by atoms with E-state index in [1.54, 1.807) is 11.8 Å². The summed E-state index contributed by atoms with van der Waals surface area (Å²) in [6.07, 6.45) is 2.58. The summed E-state index contributed by atoms with van der Waals surface area (Å²) in [7, 11) is -4.05. The smallest absolute Gasteiger partial charge is 0.243 e. The fraction of sp³-hybridized carbons (Fsp3) is 0.538. The van der Waals surface area contributed by atoms with E-state index in [2.05, 4.69) is 4.72 Å². The Morgan fingerprint density at radius 1 is 1.38 bits per heavy atom. The maximum Gasteiger partial charge on any atom is 0.243 e. The van der Waals surface area contributed by atoms with Gasteiger partial charge in [-0.3, -0.25) is 0 Å². The van der Waals surface area contributed by atoms with Crippen LogP contribution >= 0.6 is 11.8 Å². The number of anilines is 1. The van der Waals surface area contributed by atoms with Gasteiger partial charge in [-0.25, -0.2) is 21.9 Å². The van der Waals surface area contributed by atoms with Crippen molar-refractivity contribution in [3.63, 3.8) is 0 Å². The van der Waals surface area contributed by atoms with E-state index < -0.39 is 32.2 Å². The molecule has 118 valence electrons. The van der Waals surface area contributed by atoms with Gasteiger partial charge in [-0.05, 0) is 30.7 Å². The van der Waals surface area contributed by atoms with Crippen LogP contribution in [-0.2, 0) is 10.0 Å². The number of nitrogen functional groups attached to an aromatic ring is 1. The molecule has 1 fully saturated rings. The zero-order chi connectivity index (χ0) is 15.6. The maximum absolute atomic E-state index is 13.9. The number of hydrogen-bond donors (Lipinski definition) is 2. The predicted octanol–water partition coefficient (Wildman–Crippen LogP) is 2.50. The van der Waals surface area contributed by atoms with Gasteiger partial charge in [-0.15, -0.1) is 0 Å². The summed E-state index contributed by atoms with van der Waals surface area (Å²) in [5.74, 6) is -1.31. The highest BCUT2D eigenvalue weighted by molar-refractivity contribution is 8.00. The lowest BCUT2D eigenvalue weighted by atomic mass is 10.3. The van der Waals surface area contributed by atoms with Crippen LogP contribution in [0.5, 0.6) is 0 Å². The van der Waals surface area contributed by atoms with Crippen LogP contribution < -0.4 is 10.5 Å². The van der Waals surface area contributed by atoms with Crippen LogP contribution in [-0.4, -0.2) is 25.5 Å². The van der Waals surface area contributed by atoms with Crippen LogP contribution in [0.1, 0.15) is 26.2 Å². The van der Waals surface area contributed by atoms with Crippen LogP contribution in [0.4, 0.5) is 14.5 Å². The molecule has 3 N–H and O–H groups in total. The molecule has 1 aliphatic rings. The summed E-state index contributed by atoms with van der Waals surface area (Å²) in [6.45, 7) is 2.01. The molecular formula is C13H18F2N2O2S2. The fourth-order valence-electron chi connectivity index (χ4n) is 2.49. The van der Waals surface area contributed by atoms with Gasteiger partial charge >= 0.3 is 0 Å². The van der Waals surface area contributed by atoms with Gasteiger partial charge in [-0.1, -0.05) is 13.3 Å². The summed E-state index contributed by atoms with van der Waals surface area (Å²) in [5.41, 5.74) is 4.44. The summed E-state index contributed by atoms with van der Waals surface area (Å²) >= 11 is 1.69. The van der Waals surface area contributed by atoms with E-state index in [1.165, 1.54) is 0 Å². The molecule has 0 saturated heterocycles. The Labute approximate surface area is 127 Å². The van der Waals surface area contributed by atoms with Gasteiger partial charge < -0.3 is 5.73 Å². The quantitative estimate of drug-likeness (QED) is 0.811. The first-order valence-corrected chi connectivity index (χ1v) is 9.27. The Morgan fingerprint density at radius 3 is 2.76 bits per heavy atom. The number of rotatable bonds is 5. The molecule has 2 rings (SSSR count). The number of hydrogen-bond acceptors (Lipinski definition) is 4. The third kappa shape index (κ3) is 3.49. The van der Waals surface area contributed by atoms with E-state index in [0.29, 0.717) is 0 Å². The minimum atomic E-state index is -4.05. The second kappa shape index (κ2) is 6.50. The molecule has 0 heterocycles. The Bertz CT molecular complexity index is 623. The van der Waals surface area contributed by atoms with Gasteiger partial charge in [0.05, 0.1) is 0 Å². The molecule has 0 aromatic heterocycles. The molecule has 2 atom stereocenters. The number of halogens is 2. The van der Waals surface area contributed by atoms with Gasteiger partial charge in [0.25, 0.3) is 0 Å². The van der Waals surface area contributed by atoms with E-state index in [-0.39, 0.29) is 11.3 Å². The summed E-state index contributed by atoms with van der Waals surface area (Å²) in [4.78, 5) is -0.603. The van der Waals surface area contributed by atoms with Gasteiger partial charge in [0.1, 0.15) is 16.4 Å². The fourth-order valence-corrected chi connectivity index (χ4v) is 5.18. The second-order valence-electron chi connectivity index (χ2n) is 4.93. The van der Waals surface area contributed by atoms with Crippen molar-refractivity contribution in [1.29, 1.82) is 0 Å². The van der Waals surface area contributed by atoms with E-state index in [9.17, 15) is 17.2 Å². The molecule has 0 amide bonds. The average Bonchev–Trinajstić information content (AvgIpc) is 2.83. The van der Waals surface area contributed by atoms with Crippen molar-refractivity contribution in [3.8, 4) is 0 Å². The van der Waals surface area contributed by atoms with Crippen LogP contribution in [0, 0.1) is 11.6 Å². The Balaban J connectivity index is 2.25. The third-order valence-corrected chi connectivity index (χ3v) is 6.35. The molecule has 0 aliphatic heterocycles. The molecule has 1 saturated carbocycles. The topological polar surface area (TPSA) is 72.2 Å². The SMILES string of the molecule is CCSC1CCCC1NS(=O)(=O)c1ccc(F)c(N)c1F. The molecular weight excluding hydrogens is 318 g/mol. The highest BCUT2D eigenvalue weighted by Gasteiger charge is 2.32. The molecule has 1 aromatic carbocycles. The largest absolute Gasteiger partial charge is 0.394 e. The average molecular weight is 336 g/mol. The highest BCUT2D eigenvalue weighted by atomic mass is 32.2. The number of benzene rings is 1. The van der Waals surface area contributed by atoms with Crippen molar-refractivity contribution in [2.75, 3.05) is 11.5 Å². The lowest BCUT2D eigenvalue weighted by molar-refractivity contribution is 0.534. The Hall–Kier alpha value is -0.860. The third-order valence-electron chi connectivity index (χ3n) is 3.52. The molecule has 21 heavy (non-hydrogen) atoms. The maximum atomic E-state index is 13.9. The monoisotopic (exact) mass is 336 g/mol. The summed E-state index contributed by atoms with van der Waals surface area (Å²) in [5, 5.41) is 0.186. The molecule has 0 spiro atoms. The van der Waals surface area contributed by atoms with Crippen LogP contribution in [0.3, 0.4) is 0 Å². The minimum Gasteiger partial charge on any atom is -0.394 e. The van der Waals surface area contributed by atoms with Crippen LogP contribution in [0.25, 0.3) is 0 Å². The van der Waals surface area contributed by atoms with E-state index in [1.807, 2.05) is 6.92 Å². The lowest BCUT2D eigenvalue weighted by Crippen LogP contribution is -2.39. The number of nitrogens with two attached hydrogens (primary N) is 1. The van der Waals surface area contributed by atoms with E-state index >= 15 is 0 Å². The van der Waals surface area contributed by atoms with Gasteiger partial charge in [0.2, 0.25) is 10.0 Å². The summed E-state index contributed by atoms with van der Waals surface area (Å²) < 4.78 is 54.1. The number of sulfonamides is 1. The molecule has 0 bridgehead atoms. The minimum absolute atomic E-state index is 0.186. The first-order chi connectivity index (χ1) is 9.86. The van der Waals surface area contributed by atoms with Gasteiger partial charge in [0.15, 0.2) is 5.82 Å².